The number of rotatable bonds is 5. The number of amides is 1. The quantitative estimate of drug-likeness (QED) is 0.641. The van der Waals surface area contributed by atoms with E-state index in [1.807, 2.05) is 37.3 Å². The third-order valence-electron chi connectivity index (χ3n) is 4.63. The summed E-state index contributed by atoms with van der Waals surface area (Å²) in [5.74, 6) is 0.105. The van der Waals surface area contributed by atoms with Crippen LogP contribution in [0.1, 0.15) is 23.7 Å². The first-order valence-corrected chi connectivity index (χ1v) is 9.33. The van der Waals surface area contributed by atoms with Crippen molar-refractivity contribution < 1.29 is 9.72 Å². The summed E-state index contributed by atoms with van der Waals surface area (Å²) < 4.78 is 0. The van der Waals surface area contributed by atoms with Crippen molar-refractivity contribution in [3.05, 3.63) is 64.2 Å². The van der Waals surface area contributed by atoms with E-state index >= 15 is 0 Å². The van der Waals surface area contributed by atoms with E-state index in [0.717, 1.165) is 16.2 Å². The zero-order valence-electron chi connectivity index (χ0n) is 14.5. The Kier molecular flexibility index (Phi) is 5.58. The standard InChI is InChI=1S/C19H21N3O3S/c1-13-9-14(11-20)12-21(13)19(23)17-10-15(22(24)25)7-8-18(17)26-16-5-3-2-4-6-16/h2-8,10,13-14H,9,11-12,20H2,1H3. The smallest absolute Gasteiger partial charge is 0.270 e. The van der Waals surface area contributed by atoms with E-state index in [-0.39, 0.29) is 23.6 Å². The minimum absolute atomic E-state index is 0.0740. The van der Waals surface area contributed by atoms with Crippen molar-refractivity contribution in [2.75, 3.05) is 13.1 Å². The van der Waals surface area contributed by atoms with E-state index in [1.54, 1.807) is 11.0 Å². The van der Waals surface area contributed by atoms with Crippen LogP contribution in [-0.2, 0) is 0 Å². The fourth-order valence-corrected chi connectivity index (χ4v) is 4.19. The Balaban J connectivity index is 1.96. The number of nitrogens with two attached hydrogens (primary N) is 1. The van der Waals surface area contributed by atoms with E-state index in [0.29, 0.717) is 18.7 Å². The molecule has 0 aromatic heterocycles. The number of hydrogen-bond donors (Lipinski definition) is 1. The molecule has 26 heavy (non-hydrogen) atoms. The molecule has 6 nitrogen and oxygen atoms in total. The SMILES string of the molecule is CC1CC(CN)CN1C(=O)c1cc([N+](=O)[O-])ccc1Sc1ccccc1. The lowest BCUT2D eigenvalue weighted by Gasteiger charge is -2.22. The predicted octanol–water partition coefficient (Wildman–Crippen LogP) is 3.56. The molecule has 1 aliphatic heterocycles. The van der Waals surface area contributed by atoms with Gasteiger partial charge in [-0.3, -0.25) is 14.9 Å². The minimum Gasteiger partial charge on any atom is -0.336 e. The maximum absolute atomic E-state index is 13.2. The highest BCUT2D eigenvalue weighted by atomic mass is 32.2. The first kappa shape index (κ1) is 18.4. The third kappa shape index (κ3) is 3.89. The lowest BCUT2D eigenvalue weighted by Crippen LogP contribution is -2.34. The highest BCUT2D eigenvalue weighted by molar-refractivity contribution is 7.99. The van der Waals surface area contributed by atoms with E-state index in [9.17, 15) is 14.9 Å². The molecule has 0 bridgehead atoms. The Bertz CT molecular complexity index is 813. The number of nitro benzene ring substituents is 1. The van der Waals surface area contributed by atoms with Gasteiger partial charge >= 0.3 is 0 Å². The van der Waals surface area contributed by atoms with Gasteiger partial charge in [-0.1, -0.05) is 30.0 Å². The fraction of sp³-hybridized carbons (Fsp3) is 0.316. The molecule has 2 atom stereocenters. The summed E-state index contributed by atoms with van der Waals surface area (Å²) in [5, 5.41) is 11.2. The van der Waals surface area contributed by atoms with Crippen molar-refractivity contribution >= 4 is 23.4 Å². The van der Waals surface area contributed by atoms with Crippen LogP contribution in [0.15, 0.2) is 58.3 Å². The second-order valence-electron chi connectivity index (χ2n) is 6.50. The van der Waals surface area contributed by atoms with Crippen molar-refractivity contribution in [3.8, 4) is 0 Å². The summed E-state index contributed by atoms with van der Waals surface area (Å²) in [5.41, 5.74) is 6.06. The molecular weight excluding hydrogens is 350 g/mol. The molecule has 0 saturated carbocycles. The van der Waals surface area contributed by atoms with Crippen LogP contribution >= 0.6 is 11.8 Å². The Labute approximate surface area is 156 Å². The summed E-state index contributed by atoms with van der Waals surface area (Å²) in [6.07, 6.45) is 0.859. The molecule has 0 spiro atoms. The molecule has 0 aliphatic carbocycles. The zero-order valence-corrected chi connectivity index (χ0v) is 15.3. The van der Waals surface area contributed by atoms with E-state index in [1.165, 1.54) is 23.9 Å². The number of carbonyl (C=O) groups excluding carboxylic acids is 1. The van der Waals surface area contributed by atoms with Crippen LogP contribution in [0.25, 0.3) is 0 Å². The summed E-state index contributed by atoms with van der Waals surface area (Å²) in [6.45, 7) is 3.12. The minimum atomic E-state index is -0.468. The molecule has 2 N–H and O–H groups in total. The Morgan fingerprint density at radius 3 is 2.65 bits per heavy atom. The van der Waals surface area contributed by atoms with Crippen LogP contribution in [0.5, 0.6) is 0 Å². The maximum Gasteiger partial charge on any atom is 0.270 e. The molecule has 0 radical (unpaired) electrons. The van der Waals surface area contributed by atoms with Crippen molar-refractivity contribution in [2.24, 2.45) is 11.7 Å². The summed E-state index contributed by atoms with van der Waals surface area (Å²) >= 11 is 1.43. The molecular formula is C19H21N3O3S. The molecule has 1 fully saturated rings. The third-order valence-corrected chi connectivity index (χ3v) is 5.71. The predicted molar refractivity (Wildman–Crippen MR) is 101 cm³/mol. The summed E-state index contributed by atoms with van der Waals surface area (Å²) in [4.78, 5) is 27.3. The number of nitro groups is 1. The van der Waals surface area contributed by atoms with E-state index < -0.39 is 4.92 Å². The van der Waals surface area contributed by atoms with Gasteiger partial charge in [-0.15, -0.1) is 0 Å². The van der Waals surface area contributed by atoms with Gasteiger partial charge in [0, 0.05) is 34.5 Å². The number of nitrogens with zero attached hydrogens (tertiary/aromatic N) is 2. The van der Waals surface area contributed by atoms with Crippen LogP contribution in [0.2, 0.25) is 0 Å². The van der Waals surface area contributed by atoms with Crippen LogP contribution < -0.4 is 5.73 Å². The van der Waals surface area contributed by atoms with Gasteiger partial charge in [0.15, 0.2) is 0 Å². The molecule has 3 rings (SSSR count). The van der Waals surface area contributed by atoms with Gasteiger partial charge in [0.05, 0.1) is 10.5 Å². The number of carbonyl (C=O) groups is 1. The van der Waals surface area contributed by atoms with Gasteiger partial charge in [-0.05, 0) is 44.0 Å². The molecule has 2 unspecified atom stereocenters. The average molecular weight is 371 g/mol. The van der Waals surface area contributed by atoms with Crippen LogP contribution in [0.3, 0.4) is 0 Å². The monoisotopic (exact) mass is 371 g/mol. The average Bonchev–Trinajstić information content (AvgIpc) is 3.03. The fourth-order valence-electron chi connectivity index (χ4n) is 3.25. The Morgan fingerprint density at radius 1 is 1.31 bits per heavy atom. The lowest BCUT2D eigenvalue weighted by atomic mass is 10.1. The zero-order chi connectivity index (χ0) is 18.7. The van der Waals surface area contributed by atoms with Crippen molar-refractivity contribution in [3.63, 3.8) is 0 Å². The topological polar surface area (TPSA) is 89.5 Å². The molecule has 7 heteroatoms. The van der Waals surface area contributed by atoms with Gasteiger partial charge < -0.3 is 10.6 Å². The maximum atomic E-state index is 13.2. The summed E-state index contributed by atoms with van der Waals surface area (Å²) in [6, 6.07) is 14.2. The van der Waals surface area contributed by atoms with Gasteiger partial charge in [0.2, 0.25) is 0 Å². The number of hydrogen-bond acceptors (Lipinski definition) is 5. The molecule has 1 saturated heterocycles. The van der Waals surface area contributed by atoms with Gasteiger partial charge in [-0.2, -0.15) is 0 Å². The second-order valence-corrected chi connectivity index (χ2v) is 7.61. The Morgan fingerprint density at radius 2 is 2.04 bits per heavy atom. The lowest BCUT2D eigenvalue weighted by molar-refractivity contribution is -0.384. The van der Waals surface area contributed by atoms with Gasteiger partial charge in [-0.25, -0.2) is 0 Å². The highest BCUT2D eigenvalue weighted by Crippen LogP contribution is 2.34. The normalized spacial score (nSPS) is 19.5. The first-order chi connectivity index (χ1) is 12.5. The van der Waals surface area contributed by atoms with Crippen LogP contribution in [-0.4, -0.2) is 34.9 Å². The first-order valence-electron chi connectivity index (χ1n) is 8.52. The molecule has 2 aromatic rings. The molecule has 136 valence electrons. The number of non-ortho nitro benzene ring substituents is 1. The Hall–Kier alpha value is -2.38. The van der Waals surface area contributed by atoms with Gasteiger partial charge in [0.1, 0.15) is 0 Å². The van der Waals surface area contributed by atoms with E-state index in [4.69, 9.17) is 5.73 Å². The molecule has 1 amide bonds. The van der Waals surface area contributed by atoms with E-state index in [2.05, 4.69) is 0 Å². The van der Waals surface area contributed by atoms with Crippen molar-refractivity contribution in [1.29, 1.82) is 0 Å². The van der Waals surface area contributed by atoms with Crippen molar-refractivity contribution in [2.45, 2.75) is 29.2 Å². The number of benzene rings is 2. The largest absolute Gasteiger partial charge is 0.336 e. The van der Waals surface area contributed by atoms with Crippen LogP contribution in [0.4, 0.5) is 5.69 Å². The van der Waals surface area contributed by atoms with Crippen molar-refractivity contribution in [1.82, 2.24) is 4.90 Å². The number of likely N-dealkylation sites (tertiary alicyclic amines) is 1. The summed E-state index contributed by atoms with van der Waals surface area (Å²) in [7, 11) is 0. The van der Waals surface area contributed by atoms with Gasteiger partial charge in [0.25, 0.3) is 11.6 Å². The molecule has 1 heterocycles. The molecule has 2 aromatic carbocycles. The second kappa shape index (κ2) is 7.88. The highest BCUT2D eigenvalue weighted by Gasteiger charge is 2.33. The van der Waals surface area contributed by atoms with Crippen LogP contribution in [0, 0.1) is 16.0 Å². The molecule has 1 aliphatic rings.